The van der Waals surface area contributed by atoms with Crippen molar-refractivity contribution in [3.05, 3.63) is 29.8 Å². The molecule has 2 nitrogen and oxygen atoms in total. The second kappa shape index (κ2) is 7.55. The summed E-state index contributed by atoms with van der Waals surface area (Å²) in [6.07, 6.45) is 2.34. The van der Waals surface area contributed by atoms with Gasteiger partial charge in [0, 0.05) is 6.04 Å². The Labute approximate surface area is 98.4 Å². The molecular weight excluding hydrogens is 210 g/mol. The second-order valence-electron chi connectivity index (χ2n) is 3.41. The first-order valence-electron chi connectivity index (χ1n) is 5.13. The van der Waals surface area contributed by atoms with Crippen molar-refractivity contribution in [3.8, 4) is 5.75 Å². The monoisotopic (exact) mass is 229 g/mol. The van der Waals surface area contributed by atoms with E-state index in [0.717, 1.165) is 12.2 Å². The molecule has 1 rings (SSSR count). The summed E-state index contributed by atoms with van der Waals surface area (Å²) < 4.78 is 5.20. The Balaban J connectivity index is 0.00000196. The molecule has 1 atom stereocenters. The molecule has 86 valence electrons. The van der Waals surface area contributed by atoms with Gasteiger partial charge < -0.3 is 10.1 Å². The van der Waals surface area contributed by atoms with E-state index in [2.05, 4.69) is 24.4 Å². The molecule has 0 aliphatic carbocycles. The Morgan fingerprint density at radius 3 is 2.67 bits per heavy atom. The number of hydrogen-bond acceptors (Lipinski definition) is 2. The maximum Gasteiger partial charge on any atom is 0.119 e. The molecule has 0 bridgehead atoms. The summed E-state index contributed by atoms with van der Waals surface area (Å²) in [5.74, 6) is 0.929. The van der Waals surface area contributed by atoms with Crippen molar-refractivity contribution >= 4 is 12.4 Å². The number of halogens is 1. The van der Waals surface area contributed by atoms with Crippen molar-refractivity contribution in [2.45, 2.75) is 25.8 Å². The minimum absolute atomic E-state index is 0. The summed E-state index contributed by atoms with van der Waals surface area (Å²) in [5, 5.41) is 3.32. The van der Waals surface area contributed by atoms with Crippen LogP contribution >= 0.6 is 12.4 Å². The highest BCUT2D eigenvalue weighted by molar-refractivity contribution is 5.85. The van der Waals surface area contributed by atoms with Crippen molar-refractivity contribution in [1.82, 2.24) is 5.32 Å². The van der Waals surface area contributed by atoms with E-state index in [4.69, 9.17) is 4.74 Å². The van der Waals surface area contributed by atoms with Crippen molar-refractivity contribution in [2.24, 2.45) is 0 Å². The molecule has 15 heavy (non-hydrogen) atoms. The van der Waals surface area contributed by atoms with E-state index in [9.17, 15) is 0 Å². The number of ether oxygens (including phenoxy) is 1. The molecule has 3 heteroatoms. The Morgan fingerprint density at radius 1 is 1.40 bits per heavy atom. The molecule has 1 unspecified atom stereocenters. The molecule has 0 aliphatic heterocycles. The molecule has 0 heterocycles. The normalized spacial score (nSPS) is 11.7. The van der Waals surface area contributed by atoms with E-state index in [0.29, 0.717) is 6.04 Å². The number of rotatable bonds is 5. The highest BCUT2D eigenvalue weighted by Crippen LogP contribution is 2.21. The summed E-state index contributed by atoms with van der Waals surface area (Å²) in [7, 11) is 3.70. The van der Waals surface area contributed by atoms with Gasteiger partial charge in [-0.3, -0.25) is 0 Å². The van der Waals surface area contributed by atoms with E-state index in [-0.39, 0.29) is 12.4 Å². The Bertz CT molecular complexity index is 278. The topological polar surface area (TPSA) is 21.3 Å². The van der Waals surface area contributed by atoms with Crippen LogP contribution in [0.15, 0.2) is 24.3 Å². The van der Waals surface area contributed by atoms with Crippen LogP contribution in [0.2, 0.25) is 0 Å². The Hall–Kier alpha value is -0.730. The van der Waals surface area contributed by atoms with Crippen molar-refractivity contribution < 1.29 is 4.74 Å². The van der Waals surface area contributed by atoms with Crippen LogP contribution in [0.1, 0.15) is 31.4 Å². The van der Waals surface area contributed by atoms with Gasteiger partial charge in [0.1, 0.15) is 5.75 Å². The van der Waals surface area contributed by atoms with Gasteiger partial charge in [0.15, 0.2) is 0 Å². The molecule has 0 saturated heterocycles. The predicted octanol–water partition coefficient (Wildman–Crippen LogP) is 3.18. The van der Waals surface area contributed by atoms with Gasteiger partial charge in [-0.2, -0.15) is 0 Å². The lowest BCUT2D eigenvalue weighted by atomic mass is 10.0. The zero-order chi connectivity index (χ0) is 10.4. The fourth-order valence-electron chi connectivity index (χ4n) is 1.62. The molecule has 0 aromatic heterocycles. The summed E-state index contributed by atoms with van der Waals surface area (Å²) in [6.45, 7) is 2.20. The molecular formula is C12H20ClNO. The van der Waals surface area contributed by atoms with E-state index in [1.807, 2.05) is 19.2 Å². The van der Waals surface area contributed by atoms with E-state index in [1.54, 1.807) is 7.11 Å². The van der Waals surface area contributed by atoms with Crippen molar-refractivity contribution in [1.29, 1.82) is 0 Å². The van der Waals surface area contributed by atoms with Crippen LogP contribution in [0.25, 0.3) is 0 Å². The van der Waals surface area contributed by atoms with Crippen LogP contribution in [0.5, 0.6) is 5.75 Å². The first-order valence-corrected chi connectivity index (χ1v) is 5.13. The van der Waals surface area contributed by atoms with Gasteiger partial charge in [-0.25, -0.2) is 0 Å². The number of benzene rings is 1. The second-order valence-corrected chi connectivity index (χ2v) is 3.41. The average molecular weight is 230 g/mol. The van der Waals surface area contributed by atoms with Gasteiger partial charge in [-0.15, -0.1) is 12.4 Å². The van der Waals surface area contributed by atoms with E-state index < -0.39 is 0 Å². The van der Waals surface area contributed by atoms with Gasteiger partial charge in [-0.1, -0.05) is 25.5 Å². The van der Waals surface area contributed by atoms with Gasteiger partial charge in [-0.05, 0) is 31.2 Å². The molecule has 0 aliphatic rings. The molecule has 0 spiro atoms. The fourth-order valence-corrected chi connectivity index (χ4v) is 1.62. The number of nitrogens with one attached hydrogen (secondary N) is 1. The highest BCUT2D eigenvalue weighted by Gasteiger charge is 2.07. The maximum atomic E-state index is 5.20. The molecule has 0 fully saturated rings. The van der Waals surface area contributed by atoms with Crippen molar-refractivity contribution in [2.75, 3.05) is 14.2 Å². The third-order valence-corrected chi connectivity index (χ3v) is 2.42. The van der Waals surface area contributed by atoms with Crippen LogP contribution in [0, 0.1) is 0 Å². The zero-order valence-corrected chi connectivity index (χ0v) is 10.4. The number of hydrogen-bond donors (Lipinski definition) is 1. The zero-order valence-electron chi connectivity index (χ0n) is 9.62. The van der Waals surface area contributed by atoms with E-state index in [1.165, 1.54) is 12.0 Å². The summed E-state index contributed by atoms with van der Waals surface area (Å²) in [4.78, 5) is 0. The average Bonchev–Trinajstić information content (AvgIpc) is 2.26. The molecule has 0 radical (unpaired) electrons. The summed E-state index contributed by atoms with van der Waals surface area (Å²) in [5.41, 5.74) is 1.30. The van der Waals surface area contributed by atoms with Crippen LogP contribution in [-0.2, 0) is 0 Å². The summed E-state index contributed by atoms with van der Waals surface area (Å²) in [6, 6.07) is 8.68. The SMILES string of the molecule is CCCC(NC)c1cccc(OC)c1.Cl. The third-order valence-electron chi connectivity index (χ3n) is 2.42. The minimum Gasteiger partial charge on any atom is -0.497 e. The van der Waals surface area contributed by atoms with Crippen LogP contribution in [0.4, 0.5) is 0 Å². The first kappa shape index (κ1) is 14.3. The van der Waals surface area contributed by atoms with E-state index >= 15 is 0 Å². The van der Waals surface area contributed by atoms with Crippen molar-refractivity contribution in [3.63, 3.8) is 0 Å². The lowest BCUT2D eigenvalue weighted by Gasteiger charge is -2.16. The van der Waals surface area contributed by atoms with Crippen LogP contribution in [-0.4, -0.2) is 14.2 Å². The molecule has 0 saturated carbocycles. The van der Waals surface area contributed by atoms with Gasteiger partial charge in [0.05, 0.1) is 7.11 Å². The van der Waals surface area contributed by atoms with Gasteiger partial charge >= 0.3 is 0 Å². The quantitative estimate of drug-likeness (QED) is 0.838. The third kappa shape index (κ3) is 4.10. The first-order chi connectivity index (χ1) is 6.81. The molecule has 1 N–H and O–H groups in total. The van der Waals surface area contributed by atoms with Gasteiger partial charge in [0.2, 0.25) is 0 Å². The fraction of sp³-hybridized carbons (Fsp3) is 0.500. The van der Waals surface area contributed by atoms with Crippen LogP contribution in [0.3, 0.4) is 0 Å². The smallest absolute Gasteiger partial charge is 0.119 e. The standard InChI is InChI=1S/C12H19NO.ClH/c1-4-6-12(13-2)10-7-5-8-11(9-10)14-3;/h5,7-9,12-13H,4,6H2,1-3H3;1H. The Morgan fingerprint density at radius 2 is 2.13 bits per heavy atom. The molecule has 1 aromatic carbocycles. The predicted molar refractivity (Wildman–Crippen MR) is 67.0 cm³/mol. The minimum atomic E-state index is 0. The lowest BCUT2D eigenvalue weighted by molar-refractivity contribution is 0.413. The molecule has 0 amide bonds. The lowest BCUT2D eigenvalue weighted by Crippen LogP contribution is -2.15. The van der Waals surface area contributed by atoms with Crippen LogP contribution < -0.4 is 10.1 Å². The molecule has 1 aromatic rings. The maximum absolute atomic E-state index is 5.20. The highest BCUT2D eigenvalue weighted by atomic mass is 35.5. The number of methoxy groups -OCH3 is 1. The Kier molecular flexibility index (Phi) is 7.18. The summed E-state index contributed by atoms with van der Waals surface area (Å²) >= 11 is 0. The van der Waals surface area contributed by atoms with Gasteiger partial charge in [0.25, 0.3) is 0 Å². The largest absolute Gasteiger partial charge is 0.497 e.